The zero-order valence-electron chi connectivity index (χ0n) is 8.45. The van der Waals surface area contributed by atoms with Gasteiger partial charge in [-0.2, -0.15) is 0 Å². The van der Waals surface area contributed by atoms with Crippen molar-refractivity contribution in [3.63, 3.8) is 0 Å². The minimum absolute atomic E-state index is 0.0241. The number of piperazine rings is 1. The quantitative estimate of drug-likeness (QED) is 0.648. The van der Waals surface area contributed by atoms with Crippen molar-refractivity contribution < 1.29 is 9.59 Å². The van der Waals surface area contributed by atoms with Crippen LogP contribution in [-0.2, 0) is 9.59 Å². The Hall–Kier alpha value is -1.06. The van der Waals surface area contributed by atoms with Crippen molar-refractivity contribution >= 4 is 11.8 Å². The molecule has 0 bridgehead atoms. The van der Waals surface area contributed by atoms with Crippen molar-refractivity contribution in [3.05, 3.63) is 0 Å². The van der Waals surface area contributed by atoms with Crippen molar-refractivity contribution in [1.29, 1.82) is 0 Å². The molecule has 14 heavy (non-hydrogen) atoms. The van der Waals surface area contributed by atoms with E-state index >= 15 is 0 Å². The average molecular weight is 196 g/mol. The van der Waals surface area contributed by atoms with E-state index < -0.39 is 0 Å². The minimum atomic E-state index is -0.247. The maximum Gasteiger partial charge on any atom is 0.245 e. The summed E-state index contributed by atoms with van der Waals surface area (Å²) in [4.78, 5) is 24.6. The highest BCUT2D eigenvalue weighted by atomic mass is 16.2. The zero-order valence-corrected chi connectivity index (χ0v) is 8.45. The first-order chi connectivity index (χ1) is 6.68. The highest BCUT2D eigenvalue weighted by Gasteiger charge is 2.37. The van der Waals surface area contributed by atoms with Gasteiger partial charge < -0.3 is 10.2 Å². The molecule has 78 valence electrons. The number of hydrogen-bond acceptors (Lipinski definition) is 2. The third-order valence-electron chi connectivity index (χ3n) is 3.21. The second kappa shape index (κ2) is 3.59. The molecule has 0 spiro atoms. The third kappa shape index (κ3) is 1.61. The minimum Gasteiger partial charge on any atom is -0.342 e. The fraction of sp³-hybridized carbons (Fsp3) is 0.800. The maximum atomic E-state index is 11.8. The molecule has 0 aromatic carbocycles. The predicted octanol–water partition coefficient (Wildman–Crippen LogP) is 0.133. The van der Waals surface area contributed by atoms with Gasteiger partial charge in [0.05, 0.1) is 6.54 Å². The second-order valence-electron chi connectivity index (χ2n) is 4.28. The molecule has 1 atom stereocenters. The summed E-state index contributed by atoms with van der Waals surface area (Å²) in [5.41, 5.74) is 0. The highest BCUT2D eigenvalue weighted by Crippen LogP contribution is 2.29. The normalized spacial score (nSPS) is 29.5. The van der Waals surface area contributed by atoms with Crippen LogP contribution in [0.2, 0.25) is 0 Å². The first kappa shape index (κ1) is 9.49. The molecule has 0 aromatic rings. The molecule has 4 nitrogen and oxygen atoms in total. The van der Waals surface area contributed by atoms with Crippen LogP contribution in [0.3, 0.4) is 0 Å². The van der Waals surface area contributed by atoms with Crippen LogP contribution in [0, 0.1) is 5.92 Å². The predicted molar refractivity (Wildman–Crippen MR) is 51.5 cm³/mol. The summed E-state index contributed by atoms with van der Waals surface area (Å²) >= 11 is 0. The van der Waals surface area contributed by atoms with Crippen LogP contribution >= 0.6 is 0 Å². The Bertz CT molecular complexity index is 259. The van der Waals surface area contributed by atoms with Gasteiger partial charge in [0.2, 0.25) is 11.8 Å². The van der Waals surface area contributed by atoms with Gasteiger partial charge in [-0.3, -0.25) is 9.59 Å². The van der Waals surface area contributed by atoms with Crippen LogP contribution in [0.1, 0.15) is 25.7 Å². The molecule has 1 saturated carbocycles. The molecular weight excluding hydrogens is 180 g/mol. The van der Waals surface area contributed by atoms with Gasteiger partial charge in [-0.25, -0.2) is 0 Å². The van der Waals surface area contributed by atoms with Gasteiger partial charge in [0, 0.05) is 7.05 Å². The number of hydrogen-bond donors (Lipinski definition) is 1. The van der Waals surface area contributed by atoms with E-state index in [9.17, 15) is 9.59 Å². The molecule has 1 N–H and O–H groups in total. The van der Waals surface area contributed by atoms with Crippen molar-refractivity contribution in [2.45, 2.75) is 31.7 Å². The number of likely N-dealkylation sites (N-methyl/N-ethyl adjacent to an activating group) is 1. The van der Waals surface area contributed by atoms with Gasteiger partial charge in [-0.15, -0.1) is 0 Å². The second-order valence-corrected chi connectivity index (χ2v) is 4.28. The van der Waals surface area contributed by atoms with E-state index in [1.807, 2.05) is 0 Å². The van der Waals surface area contributed by atoms with E-state index in [0.29, 0.717) is 5.92 Å². The largest absolute Gasteiger partial charge is 0.342 e. The molecule has 1 aliphatic heterocycles. The van der Waals surface area contributed by atoms with E-state index in [0.717, 1.165) is 12.8 Å². The Labute approximate surface area is 83.6 Å². The molecule has 0 radical (unpaired) electrons. The molecule has 2 fully saturated rings. The van der Waals surface area contributed by atoms with Gasteiger partial charge in [-0.1, -0.05) is 12.8 Å². The number of nitrogens with one attached hydrogen (secondary N) is 1. The van der Waals surface area contributed by atoms with E-state index in [-0.39, 0.29) is 24.4 Å². The summed E-state index contributed by atoms with van der Waals surface area (Å²) in [5.74, 6) is 0.426. The molecular formula is C10H16N2O2. The topological polar surface area (TPSA) is 49.4 Å². The van der Waals surface area contributed by atoms with E-state index in [1.54, 1.807) is 7.05 Å². The molecule has 1 unspecified atom stereocenters. The number of rotatable bonds is 1. The summed E-state index contributed by atoms with van der Waals surface area (Å²) in [6, 6.07) is -0.247. The van der Waals surface area contributed by atoms with Crippen molar-refractivity contribution in [2.24, 2.45) is 5.92 Å². The van der Waals surface area contributed by atoms with Gasteiger partial charge in [-0.05, 0) is 18.8 Å². The van der Waals surface area contributed by atoms with Gasteiger partial charge in [0.15, 0.2) is 0 Å². The molecule has 1 aliphatic carbocycles. The van der Waals surface area contributed by atoms with Gasteiger partial charge in [0.1, 0.15) is 6.04 Å². The fourth-order valence-electron chi connectivity index (χ4n) is 2.42. The number of carbonyl (C=O) groups excluding carboxylic acids is 2. The molecule has 2 aliphatic rings. The number of amides is 2. The summed E-state index contributed by atoms with van der Waals surface area (Å²) in [6.45, 7) is 0.210. The molecule has 1 heterocycles. The Kier molecular flexibility index (Phi) is 2.44. The Morgan fingerprint density at radius 2 is 1.93 bits per heavy atom. The van der Waals surface area contributed by atoms with Gasteiger partial charge >= 0.3 is 0 Å². The Morgan fingerprint density at radius 3 is 2.57 bits per heavy atom. The highest BCUT2D eigenvalue weighted by molar-refractivity contribution is 5.94. The van der Waals surface area contributed by atoms with Crippen molar-refractivity contribution in [1.82, 2.24) is 10.2 Å². The maximum absolute atomic E-state index is 11.8. The van der Waals surface area contributed by atoms with Crippen LogP contribution in [0.5, 0.6) is 0 Å². The monoisotopic (exact) mass is 196 g/mol. The van der Waals surface area contributed by atoms with Crippen molar-refractivity contribution in [2.75, 3.05) is 13.6 Å². The first-order valence-electron chi connectivity index (χ1n) is 5.23. The standard InChI is InChI=1S/C10H16N2O2/c1-12-6-8(13)11-9(10(12)14)7-4-2-3-5-7/h7,9H,2-6H2,1H3,(H,11,13). The molecule has 4 heteroatoms. The lowest BCUT2D eigenvalue weighted by atomic mass is 9.95. The van der Waals surface area contributed by atoms with Crippen LogP contribution in [0.25, 0.3) is 0 Å². The van der Waals surface area contributed by atoms with E-state index in [2.05, 4.69) is 5.32 Å². The Morgan fingerprint density at radius 1 is 1.29 bits per heavy atom. The van der Waals surface area contributed by atoms with Crippen LogP contribution < -0.4 is 5.32 Å². The van der Waals surface area contributed by atoms with Crippen LogP contribution in [0.4, 0.5) is 0 Å². The number of nitrogens with zero attached hydrogens (tertiary/aromatic N) is 1. The van der Waals surface area contributed by atoms with E-state index in [1.165, 1.54) is 17.7 Å². The lowest BCUT2D eigenvalue weighted by Crippen LogP contribution is -2.58. The average Bonchev–Trinajstić information content (AvgIpc) is 2.63. The summed E-state index contributed by atoms with van der Waals surface area (Å²) in [6.07, 6.45) is 4.52. The van der Waals surface area contributed by atoms with Crippen LogP contribution in [0.15, 0.2) is 0 Å². The van der Waals surface area contributed by atoms with Gasteiger partial charge in [0.25, 0.3) is 0 Å². The van der Waals surface area contributed by atoms with Crippen molar-refractivity contribution in [3.8, 4) is 0 Å². The number of carbonyl (C=O) groups is 2. The first-order valence-corrected chi connectivity index (χ1v) is 5.23. The van der Waals surface area contributed by atoms with E-state index in [4.69, 9.17) is 0 Å². The summed E-state index contributed by atoms with van der Waals surface area (Å²) in [5, 5.41) is 2.81. The fourth-order valence-corrected chi connectivity index (χ4v) is 2.42. The van der Waals surface area contributed by atoms with Crippen LogP contribution in [-0.4, -0.2) is 36.3 Å². The Balaban J connectivity index is 2.08. The lowest BCUT2D eigenvalue weighted by molar-refractivity contribution is -0.144. The lowest BCUT2D eigenvalue weighted by Gasteiger charge is -2.33. The smallest absolute Gasteiger partial charge is 0.245 e. The zero-order chi connectivity index (χ0) is 10.1. The summed E-state index contributed by atoms with van der Waals surface area (Å²) < 4.78 is 0. The molecule has 2 rings (SSSR count). The molecule has 1 saturated heterocycles. The third-order valence-corrected chi connectivity index (χ3v) is 3.21. The SMILES string of the molecule is CN1CC(=O)NC(C2CCCC2)C1=O. The summed E-state index contributed by atoms with van der Waals surface area (Å²) in [7, 11) is 1.70. The molecule has 0 aromatic heterocycles. The molecule has 2 amide bonds.